The number of carbonyl (C=O) groups is 1. The molecule has 7 aliphatic rings. The second kappa shape index (κ2) is 14.6. The fraction of sp³-hybridized carbons (Fsp3) is 0.512. The minimum Gasteiger partial charge on any atom is -0.482 e. The molecule has 0 bridgehead atoms. The predicted molar refractivity (Wildman–Crippen MR) is 206 cm³/mol. The maximum absolute atomic E-state index is 13.5. The van der Waals surface area contributed by atoms with Crippen LogP contribution in [0.15, 0.2) is 79.9 Å². The SMILES string of the molecule is Cc1cc(=O)c2cc3c(c(N4C=C5C=CN=C5C4)c2o1)O[C@]1(CCC[C@@H]([C@H]2CNC(=O)C2)C1)[C@H](OOC[C@H](O)[C@](O)(CN1C=CC2=NC=CC21)[C@H](O)[C@H](O)CO)C3. The molecule has 1 saturated carbocycles. The van der Waals surface area contributed by atoms with Gasteiger partial charge < -0.3 is 49.8 Å². The van der Waals surface area contributed by atoms with Crippen molar-refractivity contribution in [2.75, 3.05) is 37.7 Å². The fourth-order valence-corrected chi connectivity index (χ4v) is 9.61. The van der Waals surface area contributed by atoms with E-state index in [2.05, 4.69) is 15.3 Å². The van der Waals surface area contributed by atoms with Gasteiger partial charge in [-0.25, -0.2) is 9.78 Å². The molecule has 16 heteroatoms. The summed E-state index contributed by atoms with van der Waals surface area (Å²) in [4.78, 5) is 50.4. The summed E-state index contributed by atoms with van der Waals surface area (Å²) in [6.45, 7) is 0.915. The Bertz CT molecular complexity index is 2210. The van der Waals surface area contributed by atoms with Gasteiger partial charge in [0.05, 0.1) is 42.5 Å². The standard InChI is InChI=1S/C41H47N5O11/c1-22-11-31(48)27-12-25-13-34(57-54-20-33(50)41(53,39(52)32(49)19-47)21-45-10-6-28-30(45)5-9-42-28)40(7-2-3-23(15-40)26-14-35(51)44-16-26)56-37(25)36(38(27)55-22)46-17-24-4-8-43-29(24)18-46/h4-6,8-12,17,23,26,30,32-34,39,47,49-50,52-53H,2-3,7,13-16,18-21H2,1H3,(H,44,51)/t23-,26-,30?,32-,33+,34-,39-,40+,41-/m1/s1. The van der Waals surface area contributed by atoms with Crippen molar-refractivity contribution >= 4 is 34.0 Å². The lowest BCUT2D eigenvalue weighted by Crippen LogP contribution is -2.64. The van der Waals surface area contributed by atoms with E-state index in [-0.39, 0.29) is 42.2 Å². The highest BCUT2D eigenvalue weighted by molar-refractivity contribution is 6.12. The Labute approximate surface area is 327 Å². The fourth-order valence-electron chi connectivity index (χ4n) is 9.61. The first kappa shape index (κ1) is 37.9. The van der Waals surface area contributed by atoms with E-state index >= 15 is 0 Å². The van der Waals surface area contributed by atoms with Crippen LogP contribution in [0.4, 0.5) is 5.69 Å². The molecule has 1 aliphatic carbocycles. The maximum atomic E-state index is 13.5. The molecule has 9 atom stereocenters. The minimum atomic E-state index is -2.39. The number of ether oxygens (including phenoxy) is 1. The largest absolute Gasteiger partial charge is 0.482 e. The summed E-state index contributed by atoms with van der Waals surface area (Å²) in [6, 6.07) is 2.88. The first-order valence-corrected chi connectivity index (χ1v) is 19.6. The first-order chi connectivity index (χ1) is 27.5. The van der Waals surface area contributed by atoms with Gasteiger partial charge in [-0.1, -0.05) is 0 Å². The monoisotopic (exact) mass is 785 g/mol. The molecular formula is C41H47N5O11. The van der Waals surface area contributed by atoms with Crippen molar-refractivity contribution in [2.45, 2.75) is 87.1 Å². The number of aliphatic hydroxyl groups excluding tert-OH is 4. The summed E-state index contributed by atoms with van der Waals surface area (Å²) in [5.74, 6) is 1.23. The van der Waals surface area contributed by atoms with Gasteiger partial charge >= 0.3 is 0 Å². The molecule has 6 N–H and O–H groups in total. The van der Waals surface area contributed by atoms with E-state index in [1.165, 1.54) is 6.07 Å². The van der Waals surface area contributed by atoms with Gasteiger partial charge in [-0.3, -0.25) is 19.6 Å². The van der Waals surface area contributed by atoms with Crippen LogP contribution in [0.5, 0.6) is 5.75 Å². The molecule has 0 radical (unpaired) electrons. The Morgan fingerprint density at radius 3 is 2.77 bits per heavy atom. The van der Waals surface area contributed by atoms with E-state index in [4.69, 9.17) is 18.9 Å². The normalized spacial score (nSPS) is 29.8. The molecule has 1 spiro atoms. The van der Waals surface area contributed by atoms with E-state index in [0.29, 0.717) is 71.8 Å². The third-order valence-corrected chi connectivity index (χ3v) is 12.7. The van der Waals surface area contributed by atoms with E-state index in [1.54, 1.807) is 48.6 Å². The number of carbonyl (C=O) groups excluding carboxylic acids is 1. The molecule has 1 saturated heterocycles. The van der Waals surface area contributed by atoms with Crippen molar-refractivity contribution in [2.24, 2.45) is 21.8 Å². The summed E-state index contributed by atoms with van der Waals surface area (Å²) < 4.78 is 13.5. The van der Waals surface area contributed by atoms with Crippen LogP contribution in [0, 0.1) is 18.8 Å². The van der Waals surface area contributed by atoms with Gasteiger partial charge in [-0.2, -0.15) is 0 Å². The summed E-state index contributed by atoms with van der Waals surface area (Å²) in [6.07, 6.45) is 9.59. The van der Waals surface area contributed by atoms with Crippen LogP contribution in [-0.4, -0.2) is 122 Å². The van der Waals surface area contributed by atoms with E-state index in [0.717, 1.165) is 24.1 Å². The maximum Gasteiger partial charge on any atom is 0.220 e. The minimum absolute atomic E-state index is 0.0151. The number of benzene rings is 1. The lowest BCUT2D eigenvalue weighted by molar-refractivity contribution is -0.369. The zero-order valence-corrected chi connectivity index (χ0v) is 31.5. The second-order valence-electron chi connectivity index (χ2n) is 16.3. The number of aliphatic imine (C=N–C) groups is 2. The quantitative estimate of drug-likeness (QED) is 0.131. The molecule has 1 aromatic heterocycles. The van der Waals surface area contributed by atoms with Crippen molar-refractivity contribution in [3.8, 4) is 5.75 Å². The predicted octanol–water partition coefficient (Wildman–Crippen LogP) is 1.06. The summed E-state index contributed by atoms with van der Waals surface area (Å²) in [7, 11) is 0. The number of nitrogens with zero attached hydrogens (tertiary/aromatic N) is 4. The number of aliphatic hydroxyl groups is 5. The molecule has 1 amide bonds. The molecule has 16 nitrogen and oxygen atoms in total. The number of anilines is 1. The van der Waals surface area contributed by atoms with Crippen molar-refractivity contribution < 1.29 is 49.3 Å². The molecule has 302 valence electrons. The number of allylic oxidation sites excluding steroid dienone is 1. The molecule has 7 heterocycles. The van der Waals surface area contributed by atoms with Crippen LogP contribution in [0.1, 0.15) is 43.4 Å². The average molecular weight is 786 g/mol. The number of rotatable bonds is 12. The highest BCUT2D eigenvalue weighted by Gasteiger charge is 2.53. The number of hydrogen-bond donors (Lipinski definition) is 6. The number of nitrogens with one attached hydrogen (secondary N) is 1. The Balaban J connectivity index is 1.04. The summed E-state index contributed by atoms with van der Waals surface area (Å²) >= 11 is 0. The number of fused-ring (bicyclic) bond motifs is 4. The molecular weight excluding hydrogens is 738 g/mol. The highest BCUT2D eigenvalue weighted by Crippen LogP contribution is 2.52. The molecule has 1 aromatic carbocycles. The Kier molecular flexibility index (Phi) is 9.71. The van der Waals surface area contributed by atoms with Crippen molar-refractivity contribution in [1.82, 2.24) is 10.2 Å². The molecule has 9 rings (SSSR count). The Hall–Kier alpha value is -4.68. The summed E-state index contributed by atoms with van der Waals surface area (Å²) in [5.41, 5.74) is 0.662. The van der Waals surface area contributed by atoms with Gasteiger partial charge in [0, 0.05) is 61.4 Å². The number of β-amino-alcohol motifs (C(OH)–C–C–N with tert-alkyl or cyclic N) is 1. The van der Waals surface area contributed by atoms with E-state index in [9.17, 15) is 35.1 Å². The van der Waals surface area contributed by atoms with Crippen LogP contribution in [0.25, 0.3) is 11.0 Å². The van der Waals surface area contributed by atoms with Gasteiger partial charge in [-0.05, 0) is 68.7 Å². The van der Waals surface area contributed by atoms with Gasteiger partial charge in [-0.15, -0.1) is 0 Å². The average Bonchev–Trinajstić information content (AvgIpc) is 4.04. The van der Waals surface area contributed by atoms with Crippen molar-refractivity contribution in [3.63, 3.8) is 0 Å². The molecule has 57 heavy (non-hydrogen) atoms. The third kappa shape index (κ3) is 6.62. The second-order valence-corrected chi connectivity index (χ2v) is 16.3. The summed E-state index contributed by atoms with van der Waals surface area (Å²) in [5, 5.41) is 58.0. The first-order valence-electron chi connectivity index (χ1n) is 19.6. The highest BCUT2D eigenvalue weighted by atomic mass is 17.2. The number of amides is 1. The Morgan fingerprint density at radius 1 is 1.12 bits per heavy atom. The topological polar surface area (TPSA) is 219 Å². The van der Waals surface area contributed by atoms with Crippen LogP contribution in [0.2, 0.25) is 0 Å². The molecule has 2 fully saturated rings. The molecule has 6 aliphatic heterocycles. The van der Waals surface area contributed by atoms with E-state index < -0.39 is 48.8 Å². The van der Waals surface area contributed by atoms with Crippen molar-refractivity contribution in [1.29, 1.82) is 0 Å². The molecule has 1 unspecified atom stereocenters. The van der Waals surface area contributed by atoms with Crippen LogP contribution in [-0.2, 0) is 21.0 Å². The van der Waals surface area contributed by atoms with Crippen LogP contribution in [0.3, 0.4) is 0 Å². The van der Waals surface area contributed by atoms with Gasteiger partial charge in [0.1, 0.15) is 53.7 Å². The van der Waals surface area contributed by atoms with Gasteiger partial charge in [0.15, 0.2) is 16.8 Å². The number of hydrogen-bond acceptors (Lipinski definition) is 15. The zero-order valence-electron chi connectivity index (χ0n) is 31.5. The smallest absolute Gasteiger partial charge is 0.220 e. The zero-order chi connectivity index (χ0) is 39.6. The number of aryl methyl sites for hydroxylation is 1. The lowest BCUT2D eigenvalue weighted by Gasteiger charge is -2.49. The third-order valence-electron chi connectivity index (χ3n) is 12.7. The van der Waals surface area contributed by atoms with E-state index in [1.807, 2.05) is 17.2 Å². The lowest BCUT2D eigenvalue weighted by atomic mass is 9.68. The van der Waals surface area contributed by atoms with Crippen LogP contribution < -0.4 is 20.4 Å². The van der Waals surface area contributed by atoms with Crippen molar-refractivity contribution in [3.05, 3.63) is 82.3 Å². The van der Waals surface area contributed by atoms with Gasteiger partial charge in [0.2, 0.25) is 5.91 Å². The van der Waals surface area contributed by atoms with Gasteiger partial charge in [0.25, 0.3) is 0 Å². The Morgan fingerprint density at radius 2 is 1.98 bits per heavy atom. The molecule has 2 aromatic rings. The van der Waals surface area contributed by atoms with Crippen LogP contribution >= 0.6 is 0 Å².